The highest BCUT2D eigenvalue weighted by Crippen LogP contribution is 2.24. The Morgan fingerprint density at radius 1 is 1.09 bits per heavy atom. The lowest BCUT2D eigenvalue weighted by atomic mass is 10.1. The molecule has 2 aromatic carbocycles. The van der Waals surface area contributed by atoms with Crippen molar-refractivity contribution in [2.24, 2.45) is 0 Å². The van der Waals surface area contributed by atoms with Gasteiger partial charge in [-0.3, -0.25) is 4.79 Å². The molecule has 0 radical (unpaired) electrons. The number of sulfone groups is 1. The third-order valence-electron chi connectivity index (χ3n) is 3.20. The van der Waals surface area contributed by atoms with Gasteiger partial charge in [0.2, 0.25) is 0 Å². The van der Waals surface area contributed by atoms with E-state index in [4.69, 9.17) is 11.6 Å². The molecule has 2 rings (SSSR count). The van der Waals surface area contributed by atoms with Crippen molar-refractivity contribution in [3.8, 4) is 0 Å². The van der Waals surface area contributed by atoms with Gasteiger partial charge >= 0.3 is 0 Å². The van der Waals surface area contributed by atoms with Gasteiger partial charge in [0.25, 0.3) is 5.91 Å². The second kappa shape index (κ2) is 6.25. The average molecular weight is 360 g/mol. The molecule has 0 fully saturated rings. The van der Waals surface area contributed by atoms with Gasteiger partial charge in [-0.05, 0) is 36.4 Å². The van der Waals surface area contributed by atoms with Crippen molar-refractivity contribution in [1.82, 2.24) is 0 Å². The van der Waals surface area contributed by atoms with Gasteiger partial charge in [0.05, 0.1) is 15.5 Å². The summed E-state index contributed by atoms with van der Waals surface area (Å²) in [5.41, 5.74) is 0.184. The number of hydrogen-bond donors (Lipinski definition) is 0. The van der Waals surface area contributed by atoms with Crippen LogP contribution in [0.2, 0.25) is 5.02 Å². The molecule has 0 unspecified atom stereocenters. The van der Waals surface area contributed by atoms with E-state index in [1.165, 1.54) is 31.3 Å². The summed E-state index contributed by atoms with van der Waals surface area (Å²) in [4.78, 5) is 13.6. The number of nitrogens with zero attached hydrogens (tertiary/aromatic N) is 1. The molecular formula is C15H12ClF2NO3S. The first-order valence-electron chi connectivity index (χ1n) is 6.34. The number of rotatable bonds is 3. The maximum Gasteiger partial charge on any atom is 0.259 e. The van der Waals surface area contributed by atoms with E-state index >= 15 is 0 Å². The minimum Gasteiger partial charge on any atom is -0.311 e. The van der Waals surface area contributed by atoms with Crippen LogP contribution in [0.25, 0.3) is 0 Å². The summed E-state index contributed by atoms with van der Waals surface area (Å²) in [5.74, 6) is -2.98. The van der Waals surface area contributed by atoms with Crippen LogP contribution in [0.4, 0.5) is 14.5 Å². The van der Waals surface area contributed by atoms with Gasteiger partial charge in [0.1, 0.15) is 0 Å². The number of benzene rings is 2. The molecule has 122 valence electrons. The zero-order valence-corrected chi connectivity index (χ0v) is 13.8. The molecule has 0 atom stereocenters. The van der Waals surface area contributed by atoms with Crippen LogP contribution >= 0.6 is 11.6 Å². The first kappa shape index (κ1) is 17.4. The van der Waals surface area contributed by atoms with Crippen LogP contribution in [0, 0.1) is 11.6 Å². The van der Waals surface area contributed by atoms with Crippen LogP contribution in [0.3, 0.4) is 0 Å². The highest BCUT2D eigenvalue weighted by atomic mass is 35.5. The summed E-state index contributed by atoms with van der Waals surface area (Å²) in [7, 11) is -1.94. The van der Waals surface area contributed by atoms with E-state index in [-0.39, 0.29) is 15.5 Å². The molecule has 0 N–H and O–H groups in total. The molecule has 1 amide bonds. The molecule has 0 aliphatic heterocycles. The first-order chi connectivity index (χ1) is 10.6. The van der Waals surface area contributed by atoms with Crippen LogP contribution in [0.5, 0.6) is 0 Å². The van der Waals surface area contributed by atoms with Crippen LogP contribution in [0.15, 0.2) is 41.3 Å². The molecule has 0 saturated carbocycles. The predicted octanol–water partition coefficient (Wildman–Crippen LogP) is 3.30. The second-order valence-corrected chi connectivity index (χ2v) is 7.30. The summed E-state index contributed by atoms with van der Waals surface area (Å²) in [6.07, 6.45) is 1.07. The number of carbonyl (C=O) groups excluding carboxylic acids is 1. The van der Waals surface area contributed by atoms with E-state index in [1.54, 1.807) is 0 Å². The summed E-state index contributed by atoms with van der Waals surface area (Å²) in [6, 6.07) is 7.01. The van der Waals surface area contributed by atoms with Gasteiger partial charge in [-0.15, -0.1) is 0 Å². The van der Waals surface area contributed by atoms with Crippen molar-refractivity contribution < 1.29 is 22.0 Å². The van der Waals surface area contributed by atoms with Gasteiger partial charge in [-0.2, -0.15) is 0 Å². The van der Waals surface area contributed by atoms with Crippen molar-refractivity contribution in [1.29, 1.82) is 0 Å². The Bertz CT molecular complexity index is 867. The van der Waals surface area contributed by atoms with E-state index in [1.807, 2.05) is 0 Å². The number of amides is 1. The topological polar surface area (TPSA) is 54.5 Å². The Labute approximate surface area is 137 Å². The maximum absolute atomic E-state index is 13.3. The Kier molecular flexibility index (Phi) is 4.72. The molecule has 0 saturated heterocycles. The monoisotopic (exact) mass is 359 g/mol. The van der Waals surface area contributed by atoms with Crippen LogP contribution in [0.1, 0.15) is 10.4 Å². The van der Waals surface area contributed by atoms with E-state index in [2.05, 4.69) is 0 Å². The summed E-state index contributed by atoms with van der Waals surface area (Å²) >= 11 is 5.78. The smallest absolute Gasteiger partial charge is 0.259 e. The van der Waals surface area contributed by atoms with Crippen molar-refractivity contribution >= 4 is 33.0 Å². The second-order valence-electron chi connectivity index (χ2n) is 4.88. The molecule has 2 aromatic rings. The highest BCUT2D eigenvalue weighted by molar-refractivity contribution is 7.90. The molecular weight excluding hydrogens is 348 g/mol. The lowest BCUT2D eigenvalue weighted by molar-refractivity contribution is 0.0992. The Hall–Kier alpha value is -1.99. The maximum atomic E-state index is 13.3. The predicted molar refractivity (Wildman–Crippen MR) is 83.7 cm³/mol. The molecule has 0 spiro atoms. The fraction of sp³-hybridized carbons (Fsp3) is 0.133. The first-order valence-corrected chi connectivity index (χ1v) is 8.61. The van der Waals surface area contributed by atoms with Crippen LogP contribution in [-0.4, -0.2) is 27.6 Å². The zero-order valence-electron chi connectivity index (χ0n) is 12.2. The average Bonchev–Trinajstić information content (AvgIpc) is 2.49. The fourth-order valence-electron chi connectivity index (χ4n) is 1.90. The molecule has 23 heavy (non-hydrogen) atoms. The van der Waals surface area contributed by atoms with Crippen molar-refractivity contribution in [3.63, 3.8) is 0 Å². The quantitative estimate of drug-likeness (QED) is 0.790. The standard InChI is InChI=1S/C15H12ClF2NO3S/c1-19(9-3-5-10(6-4-9)23(2,21)22)15(20)11-7-13(17)14(18)8-12(11)16/h3-8H,1-2H3. The lowest BCUT2D eigenvalue weighted by Gasteiger charge is -2.18. The van der Waals surface area contributed by atoms with Gasteiger partial charge in [0.15, 0.2) is 21.5 Å². The molecule has 0 bridgehead atoms. The van der Waals surface area contributed by atoms with Gasteiger partial charge < -0.3 is 4.90 Å². The molecule has 0 aliphatic carbocycles. The minimum absolute atomic E-state index is 0.105. The minimum atomic E-state index is -3.35. The molecule has 0 aliphatic rings. The molecule has 4 nitrogen and oxygen atoms in total. The Morgan fingerprint density at radius 3 is 2.13 bits per heavy atom. The summed E-state index contributed by atoms with van der Waals surface area (Å²) in [5, 5.41) is -0.214. The number of anilines is 1. The van der Waals surface area contributed by atoms with E-state index < -0.39 is 27.4 Å². The van der Waals surface area contributed by atoms with Crippen molar-refractivity contribution in [2.75, 3.05) is 18.2 Å². The van der Waals surface area contributed by atoms with Gasteiger partial charge in [0, 0.05) is 19.0 Å². The number of halogens is 3. The van der Waals surface area contributed by atoms with E-state index in [9.17, 15) is 22.0 Å². The van der Waals surface area contributed by atoms with Crippen molar-refractivity contribution in [3.05, 3.63) is 58.6 Å². The van der Waals surface area contributed by atoms with Crippen LogP contribution in [-0.2, 0) is 9.84 Å². The molecule has 0 aromatic heterocycles. The van der Waals surface area contributed by atoms with E-state index in [0.717, 1.165) is 23.3 Å². The largest absolute Gasteiger partial charge is 0.311 e. The highest BCUT2D eigenvalue weighted by Gasteiger charge is 2.20. The Balaban J connectivity index is 2.35. The SMILES string of the molecule is CN(C(=O)c1cc(F)c(F)cc1Cl)c1ccc(S(C)(=O)=O)cc1. The zero-order chi connectivity index (χ0) is 17.4. The van der Waals surface area contributed by atoms with Crippen molar-refractivity contribution in [2.45, 2.75) is 4.90 Å². The lowest BCUT2D eigenvalue weighted by Crippen LogP contribution is -2.26. The van der Waals surface area contributed by atoms with Crippen LogP contribution < -0.4 is 4.90 Å². The normalized spacial score (nSPS) is 11.3. The summed E-state index contributed by atoms with van der Waals surface area (Å²) < 4.78 is 49.2. The molecule has 8 heteroatoms. The summed E-state index contributed by atoms with van der Waals surface area (Å²) in [6.45, 7) is 0. The van der Waals surface area contributed by atoms with Gasteiger partial charge in [-0.25, -0.2) is 17.2 Å². The fourth-order valence-corrected chi connectivity index (χ4v) is 2.76. The Morgan fingerprint density at radius 2 is 1.61 bits per heavy atom. The third-order valence-corrected chi connectivity index (χ3v) is 4.64. The number of hydrogen-bond acceptors (Lipinski definition) is 3. The number of carbonyl (C=O) groups is 1. The van der Waals surface area contributed by atoms with Gasteiger partial charge in [-0.1, -0.05) is 11.6 Å². The molecule has 0 heterocycles. The third kappa shape index (κ3) is 3.68. The van der Waals surface area contributed by atoms with E-state index in [0.29, 0.717) is 5.69 Å².